The summed E-state index contributed by atoms with van der Waals surface area (Å²) in [5.41, 5.74) is 1.16. The zero-order valence-corrected chi connectivity index (χ0v) is 8.97. The zero-order chi connectivity index (χ0) is 10.7. The number of aryl methyl sites for hydroxylation is 1. The lowest BCUT2D eigenvalue weighted by Gasteiger charge is -2.10. The van der Waals surface area contributed by atoms with E-state index in [1.807, 2.05) is 29.9 Å². The van der Waals surface area contributed by atoms with Gasteiger partial charge in [-0.25, -0.2) is 0 Å². The Bertz CT molecular complexity index is 405. The van der Waals surface area contributed by atoms with Gasteiger partial charge in [0.05, 0.1) is 18.0 Å². The van der Waals surface area contributed by atoms with Crippen molar-refractivity contribution in [2.24, 2.45) is 7.05 Å². The molecule has 0 saturated carbocycles. The molecule has 2 aromatic rings. The van der Waals surface area contributed by atoms with Gasteiger partial charge in [0.1, 0.15) is 5.76 Å². The van der Waals surface area contributed by atoms with E-state index >= 15 is 0 Å². The van der Waals surface area contributed by atoms with Gasteiger partial charge in [-0.1, -0.05) is 0 Å². The molecular formula is C11H15N3O. The third-order valence-corrected chi connectivity index (χ3v) is 2.48. The Labute approximate surface area is 88.9 Å². The van der Waals surface area contributed by atoms with E-state index in [4.69, 9.17) is 4.42 Å². The number of nitrogens with zero attached hydrogens (tertiary/aromatic N) is 2. The molecule has 4 nitrogen and oxygen atoms in total. The van der Waals surface area contributed by atoms with Gasteiger partial charge in [0.15, 0.2) is 0 Å². The highest BCUT2D eigenvalue weighted by atomic mass is 16.3. The predicted octanol–water partition coefficient (Wildman–Crippen LogP) is 1.86. The van der Waals surface area contributed by atoms with Crippen molar-refractivity contribution < 1.29 is 4.42 Å². The molecule has 1 atom stereocenters. The first-order valence-electron chi connectivity index (χ1n) is 5.01. The van der Waals surface area contributed by atoms with E-state index in [2.05, 4.69) is 17.3 Å². The first kappa shape index (κ1) is 9.98. The van der Waals surface area contributed by atoms with E-state index in [-0.39, 0.29) is 6.04 Å². The van der Waals surface area contributed by atoms with E-state index in [1.54, 1.807) is 12.5 Å². The van der Waals surface area contributed by atoms with Gasteiger partial charge in [0.25, 0.3) is 0 Å². The first-order chi connectivity index (χ1) is 7.27. The Balaban J connectivity index is 1.91. The molecule has 0 amide bonds. The first-order valence-corrected chi connectivity index (χ1v) is 5.01. The Morgan fingerprint density at radius 2 is 2.40 bits per heavy atom. The van der Waals surface area contributed by atoms with Gasteiger partial charge in [0.2, 0.25) is 0 Å². The van der Waals surface area contributed by atoms with Crippen LogP contribution in [0, 0.1) is 0 Å². The number of hydrogen-bond acceptors (Lipinski definition) is 3. The zero-order valence-electron chi connectivity index (χ0n) is 8.97. The maximum absolute atomic E-state index is 5.31. The lowest BCUT2D eigenvalue weighted by Crippen LogP contribution is -2.19. The van der Waals surface area contributed by atoms with Crippen LogP contribution in [0.4, 0.5) is 0 Å². The third kappa shape index (κ3) is 2.27. The van der Waals surface area contributed by atoms with Crippen LogP contribution < -0.4 is 5.32 Å². The normalized spacial score (nSPS) is 12.9. The van der Waals surface area contributed by atoms with Gasteiger partial charge in [0, 0.05) is 19.8 Å². The monoisotopic (exact) mass is 205 g/mol. The van der Waals surface area contributed by atoms with Crippen molar-refractivity contribution in [1.82, 2.24) is 15.1 Å². The molecule has 0 fully saturated rings. The van der Waals surface area contributed by atoms with Crippen molar-refractivity contribution in [2.45, 2.75) is 19.5 Å². The van der Waals surface area contributed by atoms with Crippen LogP contribution in [0.15, 0.2) is 35.1 Å². The maximum Gasteiger partial charge on any atom is 0.120 e. The molecular weight excluding hydrogens is 190 g/mol. The van der Waals surface area contributed by atoms with Gasteiger partial charge in [-0.3, -0.25) is 4.68 Å². The molecule has 80 valence electrons. The van der Waals surface area contributed by atoms with Gasteiger partial charge < -0.3 is 9.73 Å². The number of rotatable bonds is 4. The van der Waals surface area contributed by atoms with Crippen LogP contribution >= 0.6 is 0 Å². The average molecular weight is 205 g/mol. The summed E-state index contributed by atoms with van der Waals surface area (Å²) >= 11 is 0. The molecule has 2 heterocycles. The number of nitrogens with one attached hydrogen (secondary N) is 1. The van der Waals surface area contributed by atoms with Gasteiger partial charge in [-0.2, -0.15) is 5.10 Å². The minimum absolute atomic E-state index is 0.218. The summed E-state index contributed by atoms with van der Waals surface area (Å²) in [4.78, 5) is 0. The molecule has 0 aromatic carbocycles. The lowest BCUT2D eigenvalue weighted by atomic mass is 10.2. The molecule has 0 bridgehead atoms. The van der Waals surface area contributed by atoms with Crippen LogP contribution in [-0.2, 0) is 13.6 Å². The SMILES string of the molecule is C[C@H](NCc1ccnn1C)c1ccco1. The standard InChI is InChI=1S/C11H15N3O/c1-9(11-4-3-7-15-11)12-8-10-5-6-13-14(10)2/h3-7,9,12H,8H2,1-2H3/t9-/m0/s1. The molecule has 0 unspecified atom stereocenters. The average Bonchev–Trinajstić information content (AvgIpc) is 2.85. The second-order valence-corrected chi connectivity index (χ2v) is 3.56. The van der Waals surface area contributed by atoms with E-state index in [0.29, 0.717) is 0 Å². The third-order valence-electron chi connectivity index (χ3n) is 2.48. The summed E-state index contributed by atoms with van der Waals surface area (Å²) in [7, 11) is 1.94. The van der Waals surface area contributed by atoms with Crippen LogP contribution in [0.1, 0.15) is 24.4 Å². The van der Waals surface area contributed by atoms with Crippen molar-refractivity contribution in [3.8, 4) is 0 Å². The van der Waals surface area contributed by atoms with Crippen molar-refractivity contribution >= 4 is 0 Å². The summed E-state index contributed by atoms with van der Waals surface area (Å²) in [5.74, 6) is 0.956. The summed E-state index contributed by atoms with van der Waals surface area (Å²) in [6.45, 7) is 2.87. The van der Waals surface area contributed by atoms with Crippen LogP contribution in [-0.4, -0.2) is 9.78 Å². The highest BCUT2D eigenvalue weighted by Crippen LogP contribution is 2.12. The molecule has 1 N–H and O–H groups in total. The highest BCUT2D eigenvalue weighted by Gasteiger charge is 2.07. The largest absolute Gasteiger partial charge is 0.468 e. The molecule has 4 heteroatoms. The summed E-state index contributed by atoms with van der Waals surface area (Å²) < 4.78 is 7.17. The van der Waals surface area contributed by atoms with Crippen molar-refractivity contribution in [1.29, 1.82) is 0 Å². The highest BCUT2D eigenvalue weighted by molar-refractivity contribution is 5.05. The Kier molecular flexibility index (Phi) is 2.87. The minimum Gasteiger partial charge on any atom is -0.468 e. The smallest absolute Gasteiger partial charge is 0.120 e. The predicted molar refractivity (Wildman–Crippen MR) is 57.2 cm³/mol. The van der Waals surface area contributed by atoms with Crippen LogP contribution in [0.5, 0.6) is 0 Å². The second-order valence-electron chi connectivity index (χ2n) is 3.56. The van der Waals surface area contributed by atoms with Crippen LogP contribution in [0.3, 0.4) is 0 Å². The summed E-state index contributed by atoms with van der Waals surface area (Å²) in [6, 6.07) is 6.09. The number of hydrogen-bond donors (Lipinski definition) is 1. The Hall–Kier alpha value is -1.55. The van der Waals surface area contributed by atoms with Crippen molar-refractivity contribution in [2.75, 3.05) is 0 Å². The molecule has 0 aliphatic heterocycles. The maximum atomic E-state index is 5.31. The number of furan rings is 1. The lowest BCUT2D eigenvalue weighted by molar-refractivity contribution is 0.426. The topological polar surface area (TPSA) is 43.0 Å². The van der Waals surface area contributed by atoms with Crippen LogP contribution in [0.2, 0.25) is 0 Å². The van der Waals surface area contributed by atoms with Crippen molar-refractivity contribution in [3.05, 3.63) is 42.1 Å². The molecule has 0 radical (unpaired) electrons. The van der Waals surface area contributed by atoms with E-state index in [0.717, 1.165) is 18.0 Å². The molecule has 0 saturated heterocycles. The van der Waals surface area contributed by atoms with Gasteiger partial charge in [-0.05, 0) is 25.1 Å². The fraction of sp³-hybridized carbons (Fsp3) is 0.364. The summed E-state index contributed by atoms with van der Waals surface area (Å²) in [6.07, 6.45) is 3.49. The fourth-order valence-corrected chi connectivity index (χ4v) is 1.47. The quantitative estimate of drug-likeness (QED) is 0.828. The number of aromatic nitrogens is 2. The Morgan fingerprint density at radius 1 is 1.53 bits per heavy atom. The van der Waals surface area contributed by atoms with Crippen molar-refractivity contribution in [3.63, 3.8) is 0 Å². The second kappa shape index (κ2) is 4.31. The van der Waals surface area contributed by atoms with E-state index in [1.165, 1.54) is 0 Å². The molecule has 2 aromatic heterocycles. The molecule has 0 aliphatic rings. The van der Waals surface area contributed by atoms with E-state index in [9.17, 15) is 0 Å². The Morgan fingerprint density at radius 3 is 3.00 bits per heavy atom. The van der Waals surface area contributed by atoms with Gasteiger partial charge in [-0.15, -0.1) is 0 Å². The molecule has 0 spiro atoms. The van der Waals surface area contributed by atoms with E-state index < -0.39 is 0 Å². The fourth-order valence-electron chi connectivity index (χ4n) is 1.47. The van der Waals surface area contributed by atoms with Crippen LogP contribution in [0.25, 0.3) is 0 Å². The van der Waals surface area contributed by atoms with Gasteiger partial charge >= 0.3 is 0 Å². The summed E-state index contributed by atoms with van der Waals surface area (Å²) in [5, 5.41) is 7.48. The molecule has 15 heavy (non-hydrogen) atoms. The molecule has 2 rings (SSSR count). The minimum atomic E-state index is 0.218. The molecule has 0 aliphatic carbocycles.